The molecular formula is C48H26N2. The molecule has 8 aromatic carbocycles. The summed E-state index contributed by atoms with van der Waals surface area (Å²) in [7, 11) is 0. The molecule has 4 aromatic heterocycles. The minimum atomic E-state index is 1.26. The Kier molecular flexibility index (Phi) is 4.41. The summed E-state index contributed by atoms with van der Waals surface area (Å²) in [6.45, 7) is 0. The zero-order chi connectivity index (χ0) is 32.2. The number of benzene rings is 8. The van der Waals surface area contributed by atoms with Crippen molar-refractivity contribution in [3.05, 3.63) is 158 Å². The first-order valence-corrected chi connectivity index (χ1v) is 17.5. The van der Waals surface area contributed by atoms with Crippen LogP contribution in [-0.4, -0.2) is 8.80 Å². The predicted octanol–water partition coefficient (Wildman–Crippen LogP) is 13.0. The van der Waals surface area contributed by atoms with E-state index in [-0.39, 0.29) is 0 Å². The summed E-state index contributed by atoms with van der Waals surface area (Å²) in [5.41, 5.74) is 17.9. The number of fused-ring (bicyclic) bond motifs is 22. The highest BCUT2D eigenvalue weighted by Gasteiger charge is 2.29. The third-order valence-electron chi connectivity index (χ3n) is 11.7. The second-order valence-corrected chi connectivity index (χ2v) is 14.0. The fourth-order valence-corrected chi connectivity index (χ4v) is 9.87. The van der Waals surface area contributed by atoms with Gasteiger partial charge in [-0.3, -0.25) is 0 Å². The van der Waals surface area contributed by atoms with Gasteiger partial charge in [0.05, 0.1) is 33.1 Å². The van der Waals surface area contributed by atoms with Crippen molar-refractivity contribution in [3.8, 4) is 44.5 Å². The van der Waals surface area contributed by atoms with E-state index in [4.69, 9.17) is 0 Å². The molecule has 0 saturated carbocycles. The zero-order valence-corrected chi connectivity index (χ0v) is 26.9. The molecule has 12 aromatic rings. The molecule has 0 spiro atoms. The molecule has 2 heteroatoms. The van der Waals surface area contributed by atoms with Crippen LogP contribution in [0.25, 0.3) is 121 Å². The van der Waals surface area contributed by atoms with E-state index < -0.39 is 0 Å². The summed E-state index contributed by atoms with van der Waals surface area (Å²) >= 11 is 0. The summed E-state index contributed by atoms with van der Waals surface area (Å²) < 4.78 is 5.16. The molecule has 0 bridgehead atoms. The number of para-hydroxylation sites is 3. The van der Waals surface area contributed by atoms with Gasteiger partial charge in [0.1, 0.15) is 0 Å². The Bertz CT molecular complexity index is 3420. The molecule has 0 saturated heterocycles. The first kappa shape index (κ1) is 25.4. The predicted molar refractivity (Wildman–Crippen MR) is 211 cm³/mol. The minimum Gasteiger partial charge on any atom is -0.308 e. The zero-order valence-electron chi connectivity index (χ0n) is 26.9. The van der Waals surface area contributed by atoms with E-state index in [2.05, 4.69) is 167 Å². The number of hydrogen-bond donors (Lipinski definition) is 0. The van der Waals surface area contributed by atoms with E-state index in [1.807, 2.05) is 0 Å². The lowest BCUT2D eigenvalue weighted by molar-refractivity contribution is 1.36. The van der Waals surface area contributed by atoms with Crippen LogP contribution in [0.1, 0.15) is 0 Å². The Balaban J connectivity index is 1.35. The molecular weight excluding hydrogens is 605 g/mol. The second kappa shape index (κ2) is 8.68. The van der Waals surface area contributed by atoms with Gasteiger partial charge in [0.25, 0.3) is 0 Å². The van der Waals surface area contributed by atoms with Crippen LogP contribution in [0.3, 0.4) is 0 Å². The SMILES string of the molecule is c1ccc2c(c1)-c1ccccc1-c1ccc3c4cccc5c6cc7c8ccccc8n8c9ccccc9c(c78)c6n(c3c1-c1ccccc1-2)c45. The molecule has 13 rings (SSSR count). The summed E-state index contributed by atoms with van der Waals surface area (Å²) in [5.74, 6) is 0. The normalized spacial score (nSPS) is 12.8. The maximum absolute atomic E-state index is 2.65. The van der Waals surface area contributed by atoms with Crippen LogP contribution in [0.5, 0.6) is 0 Å². The first-order chi connectivity index (χ1) is 24.9. The molecule has 0 aliphatic heterocycles. The average molecular weight is 631 g/mol. The van der Waals surface area contributed by atoms with Gasteiger partial charge in [-0.05, 0) is 57.1 Å². The number of aromatic nitrogens is 2. The largest absolute Gasteiger partial charge is 0.308 e. The van der Waals surface area contributed by atoms with E-state index >= 15 is 0 Å². The minimum absolute atomic E-state index is 1.26. The van der Waals surface area contributed by atoms with Crippen LogP contribution in [0.15, 0.2) is 158 Å². The topological polar surface area (TPSA) is 8.82 Å². The Morgan fingerprint density at radius 2 is 0.720 bits per heavy atom. The summed E-state index contributed by atoms with van der Waals surface area (Å²) in [6.07, 6.45) is 0. The van der Waals surface area contributed by atoms with Crippen molar-refractivity contribution >= 4 is 76.2 Å². The lowest BCUT2D eigenvalue weighted by atomic mass is 9.80. The van der Waals surface area contributed by atoms with Crippen LogP contribution in [-0.2, 0) is 0 Å². The molecule has 228 valence electrons. The molecule has 0 atom stereocenters. The maximum atomic E-state index is 2.65. The molecule has 0 unspecified atom stereocenters. The summed E-state index contributed by atoms with van der Waals surface area (Å²) in [4.78, 5) is 0. The van der Waals surface area contributed by atoms with Crippen LogP contribution in [0, 0.1) is 0 Å². The monoisotopic (exact) mass is 630 g/mol. The Hall–Kier alpha value is -6.64. The van der Waals surface area contributed by atoms with Crippen LogP contribution in [0.2, 0.25) is 0 Å². The second-order valence-electron chi connectivity index (χ2n) is 14.0. The maximum Gasteiger partial charge on any atom is 0.0642 e. The highest BCUT2D eigenvalue weighted by molar-refractivity contribution is 6.37. The van der Waals surface area contributed by atoms with Gasteiger partial charge in [-0.15, -0.1) is 0 Å². The van der Waals surface area contributed by atoms with Crippen molar-refractivity contribution in [2.75, 3.05) is 0 Å². The lowest BCUT2D eigenvalue weighted by Crippen LogP contribution is -1.98. The Morgan fingerprint density at radius 1 is 0.260 bits per heavy atom. The van der Waals surface area contributed by atoms with Crippen LogP contribution in [0.4, 0.5) is 0 Å². The number of rotatable bonds is 0. The van der Waals surface area contributed by atoms with Crippen LogP contribution < -0.4 is 0 Å². The lowest BCUT2D eigenvalue weighted by Gasteiger charge is -2.24. The molecule has 1 aliphatic carbocycles. The standard InChI is InChI=1S/C48H26N2/c1-2-13-28-27(12-1)29-14-3-4-16-31(29)34-24-25-37-35-20-11-21-36-40-26-39-32-17-7-9-22-41(32)49-42-23-10-8-19-38(42)44(47(39)49)48(40)50(45(35)36)46(37)43(34)33-18-6-5-15-30(28)33/h1-26H. The van der Waals surface area contributed by atoms with Gasteiger partial charge in [-0.25, -0.2) is 0 Å². The van der Waals surface area contributed by atoms with Crippen molar-refractivity contribution in [1.82, 2.24) is 8.80 Å². The van der Waals surface area contributed by atoms with Gasteiger partial charge in [-0.1, -0.05) is 140 Å². The van der Waals surface area contributed by atoms with Crippen LogP contribution >= 0.6 is 0 Å². The Labute approximate surface area is 286 Å². The highest BCUT2D eigenvalue weighted by Crippen LogP contribution is 2.53. The van der Waals surface area contributed by atoms with Gasteiger partial charge < -0.3 is 8.80 Å². The molecule has 50 heavy (non-hydrogen) atoms. The van der Waals surface area contributed by atoms with Gasteiger partial charge >= 0.3 is 0 Å². The molecule has 0 fully saturated rings. The van der Waals surface area contributed by atoms with E-state index in [0.29, 0.717) is 0 Å². The van der Waals surface area contributed by atoms with Crippen molar-refractivity contribution in [3.63, 3.8) is 0 Å². The summed E-state index contributed by atoms with van der Waals surface area (Å²) in [5, 5.41) is 10.5. The van der Waals surface area contributed by atoms with E-state index in [0.717, 1.165) is 0 Å². The third kappa shape index (κ3) is 2.79. The van der Waals surface area contributed by atoms with E-state index in [1.54, 1.807) is 0 Å². The quantitative estimate of drug-likeness (QED) is 0.158. The fourth-order valence-electron chi connectivity index (χ4n) is 9.87. The van der Waals surface area contributed by atoms with E-state index in [9.17, 15) is 0 Å². The third-order valence-corrected chi connectivity index (χ3v) is 11.7. The van der Waals surface area contributed by atoms with E-state index in [1.165, 1.54) is 121 Å². The van der Waals surface area contributed by atoms with Crippen molar-refractivity contribution in [2.45, 2.75) is 0 Å². The van der Waals surface area contributed by atoms with Crippen molar-refractivity contribution in [1.29, 1.82) is 0 Å². The highest BCUT2D eigenvalue weighted by atomic mass is 15.0. The molecule has 0 N–H and O–H groups in total. The molecule has 0 radical (unpaired) electrons. The number of nitrogens with zero attached hydrogens (tertiary/aromatic N) is 2. The van der Waals surface area contributed by atoms with Gasteiger partial charge in [-0.2, -0.15) is 0 Å². The van der Waals surface area contributed by atoms with Gasteiger partial charge in [0.2, 0.25) is 0 Å². The summed E-state index contributed by atoms with van der Waals surface area (Å²) in [6, 6.07) is 59.1. The molecule has 4 heterocycles. The Morgan fingerprint density at radius 3 is 1.42 bits per heavy atom. The first-order valence-electron chi connectivity index (χ1n) is 17.5. The van der Waals surface area contributed by atoms with Gasteiger partial charge in [0.15, 0.2) is 0 Å². The van der Waals surface area contributed by atoms with Crippen molar-refractivity contribution in [2.24, 2.45) is 0 Å². The number of hydrogen-bond acceptors (Lipinski definition) is 0. The molecule has 2 nitrogen and oxygen atoms in total. The molecule has 0 amide bonds. The van der Waals surface area contributed by atoms with Crippen molar-refractivity contribution < 1.29 is 0 Å². The molecule has 1 aliphatic rings. The fraction of sp³-hybridized carbons (Fsp3) is 0. The smallest absolute Gasteiger partial charge is 0.0642 e. The van der Waals surface area contributed by atoms with Gasteiger partial charge in [0, 0.05) is 48.7 Å². The average Bonchev–Trinajstić information content (AvgIpc) is 3.90.